The minimum Gasteiger partial charge on any atom is -0.475 e. The monoisotopic (exact) mass is 523 g/mol. The maximum absolute atomic E-state index is 13.5. The van der Waals surface area contributed by atoms with Gasteiger partial charge in [0.2, 0.25) is 0 Å². The van der Waals surface area contributed by atoms with Crippen molar-refractivity contribution in [2.24, 2.45) is 4.40 Å². The summed E-state index contributed by atoms with van der Waals surface area (Å²) in [4.78, 5) is 2.88. The molecular formula is C28H23F2NOS3. The number of benzene rings is 4. The normalized spacial score (nSPS) is 11.6. The summed E-state index contributed by atoms with van der Waals surface area (Å²) >= 11 is 4.57. The van der Waals surface area contributed by atoms with E-state index in [4.69, 9.17) is 9.13 Å². The SMILES string of the molecule is Fc1ccc(SC(CC(=NSc2ccccc2)OCc2ccccc2)Sc2ccc(F)cc2)cc1. The summed E-state index contributed by atoms with van der Waals surface area (Å²) in [6.07, 6.45) is 0.525. The number of halogens is 2. The molecular weight excluding hydrogens is 501 g/mol. The minimum atomic E-state index is -0.273. The van der Waals surface area contributed by atoms with Crippen molar-refractivity contribution in [2.75, 3.05) is 0 Å². The van der Waals surface area contributed by atoms with Crippen LogP contribution in [0.15, 0.2) is 128 Å². The van der Waals surface area contributed by atoms with Gasteiger partial charge in [0.25, 0.3) is 0 Å². The Bertz CT molecular complexity index is 1160. The van der Waals surface area contributed by atoms with Gasteiger partial charge in [-0.3, -0.25) is 0 Å². The van der Waals surface area contributed by atoms with Gasteiger partial charge in [-0.25, -0.2) is 8.78 Å². The average Bonchev–Trinajstić information content (AvgIpc) is 2.89. The van der Waals surface area contributed by atoms with Crippen LogP contribution >= 0.6 is 35.5 Å². The topological polar surface area (TPSA) is 21.6 Å². The van der Waals surface area contributed by atoms with Crippen molar-refractivity contribution in [3.05, 3.63) is 126 Å². The zero-order chi connectivity index (χ0) is 24.3. The summed E-state index contributed by atoms with van der Waals surface area (Å²) in [6.45, 7) is 0.407. The summed E-state index contributed by atoms with van der Waals surface area (Å²) in [6, 6.07) is 32.7. The highest BCUT2D eigenvalue weighted by atomic mass is 32.2. The quantitative estimate of drug-likeness (QED) is 0.0680. The van der Waals surface area contributed by atoms with Gasteiger partial charge in [0.1, 0.15) is 18.2 Å². The van der Waals surface area contributed by atoms with Gasteiger partial charge in [-0.15, -0.1) is 23.5 Å². The zero-order valence-electron chi connectivity index (χ0n) is 18.7. The fraction of sp³-hybridized carbons (Fsp3) is 0.107. The van der Waals surface area contributed by atoms with Crippen molar-refractivity contribution in [3.63, 3.8) is 0 Å². The van der Waals surface area contributed by atoms with E-state index in [1.54, 1.807) is 47.8 Å². The van der Waals surface area contributed by atoms with Crippen molar-refractivity contribution < 1.29 is 13.5 Å². The third-order valence-electron chi connectivity index (χ3n) is 4.75. The van der Waals surface area contributed by atoms with Gasteiger partial charge in [0.05, 0.1) is 4.58 Å². The second-order valence-corrected chi connectivity index (χ2v) is 11.1. The maximum atomic E-state index is 13.5. The summed E-state index contributed by atoms with van der Waals surface area (Å²) in [5.41, 5.74) is 1.05. The van der Waals surface area contributed by atoms with Gasteiger partial charge >= 0.3 is 0 Å². The molecule has 0 radical (unpaired) electrons. The standard InChI is InChI=1S/C28H23F2NOS3/c29-22-11-15-24(16-12-22)33-28(34-25-17-13-23(30)14-18-25)19-27(31-35-26-9-5-2-6-10-26)32-20-21-7-3-1-4-8-21/h1-18,28H,19-20H2. The number of hydrogen-bond donors (Lipinski definition) is 0. The average molecular weight is 524 g/mol. The van der Waals surface area contributed by atoms with Crippen LogP contribution in [0.5, 0.6) is 0 Å². The highest BCUT2D eigenvalue weighted by Crippen LogP contribution is 2.38. The molecule has 0 aliphatic heterocycles. The molecule has 178 valence electrons. The number of rotatable bonds is 10. The van der Waals surface area contributed by atoms with E-state index in [0.29, 0.717) is 18.9 Å². The Balaban J connectivity index is 1.54. The molecule has 0 aliphatic rings. The van der Waals surface area contributed by atoms with Crippen molar-refractivity contribution in [3.8, 4) is 0 Å². The van der Waals surface area contributed by atoms with E-state index in [2.05, 4.69) is 0 Å². The molecule has 0 N–H and O–H groups in total. The molecule has 4 aromatic rings. The van der Waals surface area contributed by atoms with Crippen molar-refractivity contribution in [2.45, 2.75) is 32.3 Å². The fourth-order valence-corrected chi connectivity index (χ4v) is 6.15. The first-order chi connectivity index (χ1) is 17.1. The lowest BCUT2D eigenvalue weighted by atomic mass is 10.2. The molecule has 0 spiro atoms. The first kappa shape index (κ1) is 25.4. The minimum absolute atomic E-state index is 0.0307. The molecule has 4 aromatic carbocycles. The highest BCUT2D eigenvalue weighted by molar-refractivity contribution is 8.17. The van der Waals surface area contributed by atoms with Crippen molar-refractivity contribution >= 4 is 41.4 Å². The molecule has 2 nitrogen and oxygen atoms in total. The molecule has 0 saturated heterocycles. The van der Waals surface area contributed by atoms with Crippen LogP contribution in [0.4, 0.5) is 8.78 Å². The molecule has 0 bridgehead atoms. The van der Waals surface area contributed by atoms with E-state index < -0.39 is 0 Å². The number of ether oxygens (including phenoxy) is 1. The molecule has 0 saturated carbocycles. The van der Waals surface area contributed by atoms with E-state index in [9.17, 15) is 8.78 Å². The molecule has 0 atom stereocenters. The van der Waals surface area contributed by atoms with Gasteiger partial charge < -0.3 is 4.74 Å². The van der Waals surface area contributed by atoms with Crippen LogP contribution in [0, 0.1) is 11.6 Å². The van der Waals surface area contributed by atoms with Gasteiger partial charge in [0.15, 0.2) is 5.90 Å². The summed E-state index contributed by atoms with van der Waals surface area (Å²) in [5.74, 6) is 0.0616. The van der Waals surface area contributed by atoms with Crippen LogP contribution < -0.4 is 0 Å². The largest absolute Gasteiger partial charge is 0.475 e. The van der Waals surface area contributed by atoms with Crippen molar-refractivity contribution in [1.82, 2.24) is 0 Å². The first-order valence-electron chi connectivity index (χ1n) is 10.9. The Kier molecular flexibility index (Phi) is 9.69. The maximum Gasteiger partial charge on any atom is 0.197 e. The number of nitrogens with zero attached hydrogens (tertiary/aromatic N) is 1. The predicted octanol–water partition coefficient (Wildman–Crippen LogP) is 8.89. The Morgan fingerprint density at radius 2 is 1.17 bits per heavy atom. The van der Waals surface area contributed by atoms with E-state index in [1.807, 2.05) is 60.7 Å². The van der Waals surface area contributed by atoms with E-state index in [-0.39, 0.29) is 16.2 Å². The second kappa shape index (κ2) is 13.4. The van der Waals surface area contributed by atoms with Crippen LogP contribution in [0.25, 0.3) is 0 Å². The summed E-state index contributed by atoms with van der Waals surface area (Å²) in [7, 11) is 0. The molecule has 0 heterocycles. The van der Waals surface area contributed by atoms with Crippen LogP contribution in [0.1, 0.15) is 12.0 Å². The number of thioether (sulfide) groups is 2. The van der Waals surface area contributed by atoms with Gasteiger partial charge in [0, 0.05) is 33.1 Å². The van der Waals surface area contributed by atoms with Crippen LogP contribution in [0.3, 0.4) is 0 Å². The lowest BCUT2D eigenvalue weighted by molar-refractivity contribution is 0.286. The van der Waals surface area contributed by atoms with Crippen LogP contribution in [0.2, 0.25) is 0 Å². The van der Waals surface area contributed by atoms with E-state index >= 15 is 0 Å². The second-order valence-electron chi connectivity index (χ2n) is 7.44. The summed E-state index contributed by atoms with van der Waals surface area (Å²) in [5, 5.41) is 0. The lowest BCUT2D eigenvalue weighted by Crippen LogP contribution is -2.11. The van der Waals surface area contributed by atoms with E-state index in [0.717, 1.165) is 20.2 Å². The Morgan fingerprint density at radius 3 is 1.71 bits per heavy atom. The number of hydrogen-bond acceptors (Lipinski definition) is 5. The van der Waals surface area contributed by atoms with Gasteiger partial charge in [-0.2, -0.15) is 4.40 Å². The molecule has 0 aliphatic carbocycles. The Labute approximate surface area is 217 Å². The molecule has 0 amide bonds. The molecule has 0 aromatic heterocycles. The molecule has 0 fully saturated rings. The fourth-order valence-electron chi connectivity index (χ4n) is 3.03. The molecule has 0 unspecified atom stereocenters. The van der Waals surface area contributed by atoms with E-state index in [1.165, 1.54) is 36.2 Å². The van der Waals surface area contributed by atoms with Gasteiger partial charge in [-0.1, -0.05) is 48.5 Å². The molecule has 4 rings (SSSR count). The van der Waals surface area contributed by atoms with Crippen LogP contribution in [-0.4, -0.2) is 10.5 Å². The lowest BCUT2D eigenvalue weighted by Gasteiger charge is -2.18. The third-order valence-corrected chi connectivity index (χ3v) is 8.05. The Morgan fingerprint density at radius 1 is 0.657 bits per heavy atom. The third kappa shape index (κ3) is 8.76. The summed E-state index contributed by atoms with van der Waals surface area (Å²) < 4.78 is 37.8. The molecule has 7 heteroatoms. The Hall–Kier alpha value is -2.74. The predicted molar refractivity (Wildman–Crippen MR) is 144 cm³/mol. The first-order valence-corrected chi connectivity index (χ1v) is 13.5. The highest BCUT2D eigenvalue weighted by Gasteiger charge is 2.18. The smallest absolute Gasteiger partial charge is 0.197 e. The van der Waals surface area contributed by atoms with Crippen molar-refractivity contribution in [1.29, 1.82) is 0 Å². The van der Waals surface area contributed by atoms with Gasteiger partial charge in [-0.05, 0) is 66.2 Å². The van der Waals surface area contributed by atoms with Crippen LogP contribution in [-0.2, 0) is 11.3 Å². The molecule has 35 heavy (non-hydrogen) atoms. The zero-order valence-corrected chi connectivity index (χ0v) is 21.2.